The number of nitrogens with zero attached hydrogens (tertiary/aromatic N) is 1. The highest BCUT2D eigenvalue weighted by Crippen LogP contribution is 2.25. The van der Waals surface area contributed by atoms with Crippen molar-refractivity contribution in [2.45, 2.75) is 40.7 Å². The Morgan fingerprint density at radius 1 is 1.32 bits per heavy atom. The highest BCUT2D eigenvalue weighted by atomic mass is 32.1. The molecule has 1 aromatic heterocycles. The van der Waals surface area contributed by atoms with Crippen LogP contribution in [0.15, 0.2) is 0 Å². The molecule has 1 unspecified atom stereocenters. The van der Waals surface area contributed by atoms with E-state index in [2.05, 4.69) is 15.0 Å². The minimum absolute atomic E-state index is 0.0384. The van der Waals surface area contributed by atoms with E-state index >= 15 is 0 Å². The van der Waals surface area contributed by atoms with E-state index in [9.17, 15) is 9.59 Å². The van der Waals surface area contributed by atoms with Gasteiger partial charge in [-0.3, -0.25) is 9.59 Å². The molecule has 106 valence electrons. The van der Waals surface area contributed by atoms with Gasteiger partial charge < -0.3 is 10.6 Å². The predicted octanol–water partition coefficient (Wildman–Crippen LogP) is 2.23. The molecule has 1 atom stereocenters. The van der Waals surface area contributed by atoms with Crippen molar-refractivity contribution in [3.8, 4) is 0 Å². The molecule has 0 bridgehead atoms. The van der Waals surface area contributed by atoms with Crippen molar-refractivity contribution in [3.05, 3.63) is 11.3 Å². The number of rotatable bonds is 6. The van der Waals surface area contributed by atoms with E-state index < -0.39 is 6.04 Å². The second-order valence-corrected chi connectivity index (χ2v) is 5.81. The number of Topliss-reactive ketones (excluding diaryl/α,β-unsaturated/α-hetero) is 1. The van der Waals surface area contributed by atoms with E-state index in [0.717, 1.165) is 0 Å². The van der Waals surface area contributed by atoms with Gasteiger partial charge in [-0.05, 0) is 38.2 Å². The number of carbonyl (C=O) groups excluding carboxylic acids is 2. The minimum atomic E-state index is -0.392. The molecule has 0 fully saturated rings. The van der Waals surface area contributed by atoms with E-state index in [4.69, 9.17) is 0 Å². The van der Waals surface area contributed by atoms with Crippen molar-refractivity contribution in [1.82, 2.24) is 9.69 Å². The highest BCUT2D eigenvalue weighted by molar-refractivity contribution is 7.10. The third kappa shape index (κ3) is 4.31. The van der Waals surface area contributed by atoms with Gasteiger partial charge in [0, 0.05) is 6.54 Å². The number of hydrogen-bond donors (Lipinski definition) is 2. The molecule has 2 N–H and O–H groups in total. The van der Waals surface area contributed by atoms with Crippen LogP contribution in [0.3, 0.4) is 0 Å². The van der Waals surface area contributed by atoms with E-state index in [1.54, 1.807) is 13.8 Å². The van der Waals surface area contributed by atoms with Crippen LogP contribution in [-0.4, -0.2) is 28.7 Å². The zero-order valence-electron chi connectivity index (χ0n) is 12.0. The number of nitrogens with one attached hydrogen (secondary N) is 2. The average molecular weight is 283 g/mol. The van der Waals surface area contributed by atoms with Gasteiger partial charge in [-0.15, -0.1) is 0 Å². The van der Waals surface area contributed by atoms with Crippen LogP contribution in [0.2, 0.25) is 0 Å². The maximum atomic E-state index is 11.9. The molecule has 6 heteroatoms. The number of ketones is 1. The molecule has 1 heterocycles. The first-order valence-corrected chi connectivity index (χ1v) is 7.11. The number of aromatic nitrogens is 1. The molecule has 1 amide bonds. The first kappa shape index (κ1) is 15.6. The third-order valence-electron chi connectivity index (χ3n) is 2.64. The van der Waals surface area contributed by atoms with Crippen LogP contribution >= 0.6 is 11.5 Å². The molecule has 5 nitrogen and oxygen atoms in total. The van der Waals surface area contributed by atoms with Gasteiger partial charge in [-0.2, -0.15) is 4.37 Å². The molecule has 0 aliphatic rings. The van der Waals surface area contributed by atoms with Gasteiger partial charge in [0.2, 0.25) is 5.91 Å². The van der Waals surface area contributed by atoms with Gasteiger partial charge in [-0.25, -0.2) is 0 Å². The van der Waals surface area contributed by atoms with E-state index in [1.807, 2.05) is 13.8 Å². The summed E-state index contributed by atoms with van der Waals surface area (Å²) in [4.78, 5) is 23.4. The summed E-state index contributed by atoms with van der Waals surface area (Å²) >= 11 is 1.21. The third-order valence-corrected chi connectivity index (χ3v) is 3.51. The molecular weight excluding hydrogens is 262 g/mol. The zero-order chi connectivity index (χ0) is 14.6. The molecule has 1 rings (SSSR count). The van der Waals surface area contributed by atoms with Crippen molar-refractivity contribution in [2.75, 3.05) is 11.9 Å². The fourth-order valence-corrected chi connectivity index (χ4v) is 2.53. The van der Waals surface area contributed by atoms with Crippen molar-refractivity contribution in [3.63, 3.8) is 0 Å². The number of anilines is 1. The summed E-state index contributed by atoms with van der Waals surface area (Å²) in [6.45, 7) is 9.80. The van der Waals surface area contributed by atoms with Gasteiger partial charge >= 0.3 is 0 Å². The van der Waals surface area contributed by atoms with Crippen LogP contribution in [0, 0.1) is 12.8 Å². The predicted molar refractivity (Wildman–Crippen MR) is 77.8 cm³/mol. The fraction of sp³-hybridized carbons (Fsp3) is 0.615. The average Bonchev–Trinajstić information content (AvgIpc) is 2.67. The SMILES string of the molecule is CC(=O)c1c(C)nsc1NC(C)C(=O)NCC(C)C. The quantitative estimate of drug-likeness (QED) is 0.785. The summed E-state index contributed by atoms with van der Waals surface area (Å²) in [5, 5.41) is 6.58. The molecule has 0 aromatic carbocycles. The van der Waals surface area contributed by atoms with Gasteiger partial charge in [0.25, 0.3) is 0 Å². The number of carbonyl (C=O) groups is 2. The Bertz CT molecular complexity index is 468. The second kappa shape index (κ2) is 6.65. The summed E-state index contributed by atoms with van der Waals surface area (Å²) in [6, 6.07) is -0.392. The largest absolute Gasteiger partial charge is 0.364 e. The van der Waals surface area contributed by atoms with Crippen LogP contribution < -0.4 is 10.6 Å². The Balaban J connectivity index is 2.69. The van der Waals surface area contributed by atoms with Crippen LogP contribution in [0.5, 0.6) is 0 Å². The van der Waals surface area contributed by atoms with Gasteiger partial charge in [-0.1, -0.05) is 13.8 Å². The van der Waals surface area contributed by atoms with Crippen molar-refractivity contribution < 1.29 is 9.59 Å². The molecular formula is C13H21N3O2S. The van der Waals surface area contributed by atoms with Gasteiger partial charge in [0.15, 0.2) is 5.78 Å². The summed E-state index contributed by atoms with van der Waals surface area (Å²) in [7, 11) is 0. The molecule has 0 radical (unpaired) electrons. The number of amides is 1. The van der Waals surface area contributed by atoms with E-state index in [-0.39, 0.29) is 11.7 Å². The molecule has 19 heavy (non-hydrogen) atoms. The Morgan fingerprint density at radius 2 is 1.95 bits per heavy atom. The topological polar surface area (TPSA) is 71.1 Å². The van der Waals surface area contributed by atoms with Crippen molar-refractivity contribution >= 4 is 28.2 Å². The first-order valence-electron chi connectivity index (χ1n) is 6.34. The second-order valence-electron chi connectivity index (χ2n) is 5.03. The van der Waals surface area contributed by atoms with Gasteiger partial charge in [0.05, 0.1) is 11.3 Å². The van der Waals surface area contributed by atoms with Crippen LogP contribution in [0.4, 0.5) is 5.00 Å². The molecule has 1 aromatic rings. The Kier molecular flexibility index (Phi) is 5.47. The smallest absolute Gasteiger partial charge is 0.242 e. The Labute approximate surface area is 118 Å². The molecule has 0 aliphatic heterocycles. The highest BCUT2D eigenvalue weighted by Gasteiger charge is 2.19. The normalized spacial score (nSPS) is 12.3. The lowest BCUT2D eigenvalue weighted by Gasteiger charge is -2.15. The maximum absolute atomic E-state index is 11.9. The van der Waals surface area contributed by atoms with Crippen molar-refractivity contribution in [2.24, 2.45) is 5.92 Å². The fourth-order valence-electron chi connectivity index (χ4n) is 1.60. The Hall–Kier alpha value is -1.43. The van der Waals surface area contributed by atoms with E-state index in [1.165, 1.54) is 18.5 Å². The molecule has 0 spiro atoms. The van der Waals surface area contributed by atoms with E-state index in [0.29, 0.717) is 28.7 Å². The standard InChI is InChI=1S/C13H21N3O2S/c1-7(2)6-14-12(18)9(4)15-13-11(10(5)17)8(3)16-19-13/h7,9,15H,6H2,1-5H3,(H,14,18). The summed E-state index contributed by atoms with van der Waals surface area (Å²) in [5.41, 5.74) is 1.28. The van der Waals surface area contributed by atoms with Gasteiger partial charge in [0.1, 0.15) is 11.0 Å². The molecule has 0 saturated carbocycles. The Morgan fingerprint density at radius 3 is 2.47 bits per heavy atom. The molecule has 0 aliphatic carbocycles. The number of hydrogen-bond acceptors (Lipinski definition) is 5. The summed E-state index contributed by atoms with van der Waals surface area (Å²) in [6.07, 6.45) is 0. The van der Waals surface area contributed by atoms with Crippen LogP contribution in [0.25, 0.3) is 0 Å². The lowest BCUT2D eigenvalue weighted by molar-refractivity contribution is -0.121. The van der Waals surface area contributed by atoms with Crippen molar-refractivity contribution in [1.29, 1.82) is 0 Å². The lowest BCUT2D eigenvalue weighted by atomic mass is 10.1. The van der Waals surface area contributed by atoms with Crippen LogP contribution in [-0.2, 0) is 4.79 Å². The minimum Gasteiger partial charge on any atom is -0.364 e. The lowest BCUT2D eigenvalue weighted by Crippen LogP contribution is -2.39. The first-order chi connectivity index (χ1) is 8.82. The maximum Gasteiger partial charge on any atom is 0.242 e. The monoisotopic (exact) mass is 283 g/mol. The summed E-state index contributed by atoms with van der Waals surface area (Å²) in [5.74, 6) is 0.298. The van der Waals surface area contributed by atoms with Crippen LogP contribution in [0.1, 0.15) is 43.7 Å². The molecule has 0 saturated heterocycles. The number of aryl methyl sites for hydroxylation is 1. The zero-order valence-corrected chi connectivity index (χ0v) is 12.9. The summed E-state index contributed by atoms with van der Waals surface area (Å²) < 4.78 is 4.15.